The Hall–Kier alpha value is -2.67. The summed E-state index contributed by atoms with van der Waals surface area (Å²) in [7, 11) is 0. The minimum Gasteiger partial charge on any atom is -0.461 e. The molecule has 2 atom stereocenters. The molecule has 138 valence electrons. The first-order chi connectivity index (χ1) is 13.1. The fraction of sp³-hybridized carbons (Fsp3) is 0.250. The van der Waals surface area contributed by atoms with Crippen LogP contribution in [0.1, 0.15) is 34.0 Å². The molecule has 4 rings (SSSR count). The average Bonchev–Trinajstić information content (AvgIpc) is 3.19. The molecule has 0 bridgehead atoms. The van der Waals surface area contributed by atoms with Gasteiger partial charge in [0.2, 0.25) is 0 Å². The minimum atomic E-state index is -0.257. The van der Waals surface area contributed by atoms with Crippen molar-refractivity contribution in [1.29, 1.82) is 0 Å². The zero-order valence-corrected chi connectivity index (χ0v) is 15.7. The van der Waals surface area contributed by atoms with E-state index < -0.39 is 0 Å². The number of amides is 1. The Bertz CT molecular complexity index is 991. The second-order valence-corrected chi connectivity index (χ2v) is 7.27. The number of hydrogen-bond donors (Lipinski definition) is 1. The van der Waals surface area contributed by atoms with E-state index in [0.717, 1.165) is 12.0 Å². The maximum atomic E-state index is 13.4. The summed E-state index contributed by atoms with van der Waals surface area (Å²) in [5.41, 5.74) is 1.98. The number of aryl methyl sites for hydroxylation is 1. The fourth-order valence-electron chi connectivity index (χ4n) is 3.17. The van der Waals surface area contributed by atoms with E-state index in [-0.39, 0.29) is 23.7 Å². The van der Waals surface area contributed by atoms with Crippen molar-refractivity contribution in [3.8, 4) is 11.6 Å². The second-order valence-electron chi connectivity index (χ2n) is 6.47. The molecule has 2 unspecified atom stereocenters. The van der Waals surface area contributed by atoms with Crippen molar-refractivity contribution >= 4 is 17.7 Å². The standard InChI is InChI=1S/C20H18FN3O2S/c1-11-17(20(27-2)24-18(22-11)16-7-4-8-26-16)19(25)23-15-10-14(15)12-5-3-6-13(21)9-12/h3-9,14-15H,10H2,1-2H3,(H,23,25). The number of aromatic nitrogens is 2. The highest BCUT2D eigenvalue weighted by molar-refractivity contribution is 7.98. The number of benzene rings is 1. The number of halogens is 1. The monoisotopic (exact) mass is 383 g/mol. The van der Waals surface area contributed by atoms with Crippen LogP contribution >= 0.6 is 11.8 Å². The summed E-state index contributed by atoms with van der Waals surface area (Å²) >= 11 is 1.39. The number of furan rings is 1. The van der Waals surface area contributed by atoms with Crippen LogP contribution in [0.5, 0.6) is 0 Å². The molecule has 1 aliphatic carbocycles. The van der Waals surface area contributed by atoms with Gasteiger partial charge >= 0.3 is 0 Å². The van der Waals surface area contributed by atoms with Gasteiger partial charge in [0.25, 0.3) is 5.91 Å². The molecule has 0 saturated heterocycles. The van der Waals surface area contributed by atoms with Crippen LogP contribution in [0.3, 0.4) is 0 Å². The molecule has 1 N–H and O–H groups in total. The van der Waals surface area contributed by atoms with Crippen LogP contribution in [-0.2, 0) is 0 Å². The van der Waals surface area contributed by atoms with E-state index >= 15 is 0 Å². The Kier molecular flexibility index (Phi) is 4.70. The van der Waals surface area contributed by atoms with Crippen LogP contribution < -0.4 is 5.32 Å². The van der Waals surface area contributed by atoms with Crippen molar-refractivity contribution in [2.45, 2.75) is 30.3 Å². The van der Waals surface area contributed by atoms with Gasteiger partial charge in [-0.2, -0.15) is 0 Å². The zero-order chi connectivity index (χ0) is 19.0. The van der Waals surface area contributed by atoms with E-state index in [1.54, 1.807) is 31.4 Å². The first-order valence-electron chi connectivity index (χ1n) is 8.59. The van der Waals surface area contributed by atoms with Crippen molar-refractivity contribution in [2.75, 3.05) is 6.26 Å². The molecule has 1 aromatic carbocycles. The first-order valence-corrected chi connectivity index (χ1v) is 9.82. The first kappa shape index (κ1) is 17.7. The molecule has 2 aromatic heterocycles. The van der Waals surface area contributed by atoms with Gasteiger partial charge in [-0.25, -0.2) is 14.4 Å². The maximum absolute atomic E-state index is 13.4. The van der Waals surface area contributed by atoms with Crippen molar-refractivity contribution in [1.82, 2.24) is 15.3 Å². The van der Waals surface area contributed by atoms with Crippen LogP contribution in [0.15, 0.2) is 52.1 Å². The molecule has 27 heavy (non-hydrogen) atoms. The van der Waals surface area contributed by atoms with Crippen molar-refractivity contribution in [2.24, 2.45) is 0 Å². The summed E-state index contributed by atoms with van der Waals surface area (Å²) < 4.78 is 18.8. The molecule has 0 radical (unpaired) electrons. The fourth-order valence-corrected chi connectivity index (χ4v) is 3.79. The predicted octanol–water partition coefficient (Wildman–Crippen LogP) is 4.19. The molecule has 5 nitrogen and oxygen atoms in total. The molecule has 1 amide bonds. The normalized spacial score (nSPS) is 18.3. The largest absolute Gasteiger partial charge is 0.461 e. The van der Waals surface area contributed by atoms with Crippen LogP contribution in [0.25, 0.3) is 11.6 Å². The summed E-state index contributed by atoms with van der Waals surface area (Å²) in [6, 6.07) is 10.1. The number of carbonyl (C=O) groups excluding carboxylic acids is 1. The van der Waals surface area contributed by atoms with Crippen LogP contribution in [0, 0.1) is 12.7 Å². The minimum absolute atomic E-state index is 0.00171. The summed E-state index contributed by atoms with van der Waals surface area (Å²) in [4.78, 5) is 21.7. The number of carbonyl (C=O) groups is 1. The smallest absolute Gasteiger partial charge is 0.256 e. The van der Waals surface area contributed by atoms with Gasteiger partial charge in [0.05, 0.1) is 17.5 Å². The Morgan fingerprint density at radius 3 is 2.85 bits per heavy atom. The quantitative estimate of drug-likeness (QED) is 0.528. The van der Waals surface area contributed by atoms with E-state index in [1.807, 2.05) is 12.3 Å². The number of thioether (sulfide) groups is 1. The molecule has 1 saturated carbocycles. The van der Waals surface area contributed by atoms with Crippen LogP contribution in [-0.4, -0.2) is 28.2 Å². The van der Waals surface area contributed by atoms with Gasteiger partial charge in [0.15, 0.2) is 11.6 Å². The second kappa shape index (κ2) is 7.15. The summed E-state index contributed by atoms with van der Waals surface area (Å²) in [6.07, 6.45) is 4.23. The lowest BCUT2D eigenvalue weighted by Gasteiger charge is -2.11. The zero-order valence-electron chi connectivity index (χ0n) is 14.9. The SMILES string of the molecule is CSc1nc(-c2ccco2)nc(C)c1C(=O)NC1CC1c1cccc(F)c1. The van der Waals surface area contributed by atoms with Crippen molar-refractivity contribution in [3.05, 3.63) is 65.3 Å². The maximum Gasteiger partial charge on any atom is 0.256 e. The average molecular weight is 383 g/mol. The van der Waals surface area contributed by atoms with Crippen molar-refractivity contribution < 1.29 is 13.6 Å². The van der Waals surface area contributed by atoms with E-state index in [9.17, 15) is 9.18 Å². The molecule has 3 aromatic rings. The Morgan fingerprint density at radius 1 is 1.30 bits per heavy atom. The summed E-state index contributed by atoms with van der Waals surface area (Å²) in [5.74, 6) is 0.709. The van der Waals surface area contributed by atoms with Crippen LogP contribution in [0.4, 0.5) is 4.39 Å². The van der Waals surface area contributed by atoms with E-state index in [0.29, 0.717) is 27.9 Å². The topological polar surface area (TPSA) is 68.0 Å². The molecule has 7 heteroatoms. The Balaban J connectivity index is 1.54. The van der Waals surface area contributed by atoms with E-state index in [2.05, 4.69) is 15.3 Å². The number of hydrogen-bond acceptors (Lipinski definition) is 5. The van der Waals surface area contributed by atoms with Crippen molar-refractivity contribution in [3.63, 3.8) is 0 Å². The van der Waals surface area contributed by atoms with E-state index in [1.165, 1.54) is 23.9 Å². The lowest BCUT2D eigenvalue weighted by Crippen LogP contribution is -2.28. The molecule has 0 spiro atoms. The highest BCUT2D eigenvalue weighted by Crippen LogP contribution is 2.41. The molecule has 1 fully saturated rings. The van der Waals surface area contributed by atoms with Gasteiger partial charge in [-0.1, -0.05) is 12.1 Å². The third kappa shape index (κ3) is 3.60. The van der Waals surface area contributed by atoms with Crippen LogP contribution in [0.2, 0.25) is 0 Å². The third-order valence-corrected chi connectivity index (χ3v) is 5.28. The lowest BCUT2D eigenvalue weighted by atomic mass is 10.1. The van der Waals surface area contributed by atoms with Gasteiger partial charge in [-0.3, -0.25) is 4.79 Å². The molecular weight excluding hydrogens is 365 g/mol. The third-order valence-electron chi connectivity index (χ3n) is 4.60. The highest BCUT2D eigenvalue weighted by atomic mass is 32.2. The lowest BCUT2D eigenvalue weighted by molar-refractivity contribution is 0.0945. The molecular formula is C20H18FN3O2S. The molecule has 0 aliphatic heterocycles. The predicted molar refractivity (Wildman–Crippen MR) is 101 cm³/mol. The Morgan fingerprint density at radius 2 is 2.15 bits per heavy atom. The van der Waals surface area contributed by atoms with Gasteiger partial charge in [-0.05, 0) is 49.4 Å². The molecule has 2 heterocycles. The summed E-state index contributed by atoms with van der Waals surface area (Å²) in [6.45, 7) is 1.79. The summed E-state index contributed by atoms with van der Waals surface area (Å²) in [5, 5.41) is 3.64. The van der Waals surface area contributed by atoms with Gasteiger partial charge in [-0.15, -0.1) is 11.8 Å². The van der Waals surface area contributed by atoms with Gasteiger partial charge in [0, 0.05) is 12.0 Å². The van der Waals surface area contributed by atoms with Gasteiger partial charge in [0.1, 0.15) is 10.8 Å². The highest BCUT2D eigenvalue weighted by Gasteiger charge is 2.40. The van der Waals surface area contributed by atoms with Gasteiger partial charge < -0.3 is 9.73 Å². The number of nitrogens with zero attached hydrogens (tertiary/aromatic N) is 2. The van der Waals surface area contributed by atoms with E-state index in [4.69, 9.17) is 4.42 Å². The Labute approximate surface area is 160 Å². The number of nitrogens with one attached hydrogen (secondary N) is 1. The molecule has 1 aliphatic rings. The number of rotatable bonds is 5.